The van der Waals surface area contributed by atoms with Gasteiger partial charge < -0.3 is 9.64 Å². The van der Waals surface area contributed by atoms with Crippen LogP contribution in [0.25, 0.3) is 11.6 Å². The Kier molecular flexibility index (Phi) is 6.40. The average molecular weight is 391 g/mol. The van der Waals surface area contributed by atoms with E-state index >= 15 is 0 Å². The Hall–Kier alpha value is -3.18. The van der Waals surface area contributed by atoms with Crippen molar-refractivity contribution in [3.8, 4) is 0 Å². The molecule has 0 radical (unpaired) electrons. The van der Waals surface area contributed by atoms with Crippen LogP contribution in [0.2, 0.25) is 0 Å². The highest BCUT2D eigenvalue weighted by molar-refractivity contribution is 7.11. The Labute approximate surface area is 168 Å². The van der Waals surface area contributed by atoms with Gasteiger partial charge in [-0.15, -0.1) is 11.3 Å². The van der Waals surface area contributed by atoms with Crippen molar-refractivity contribution in [2.24, 2.45) is 0 Å². The number of rotatable bonds is 6. The molecule has 1 aromatic heterocycles. The quantitative estimate of drug-likeness (QED) is 0.448. The summed E-state index contributed by atoms with van der Waals surface area (Å²) in [5, 5.41) is 1.90. The molecule has 142 valence electrons. The maximum Gasteiger partial charge on any atom is 0.340 e. The molecular weight excluding hydrogens is 370 g/mol. The largest absolute Gasteiger partial charge is 0.452 e. The van der Waals surface area contributed by atoms with Gasteiger partial charge in [0.2, 0.25) is 0 Å². The number of carbonyl (C=O) groups excluding carboxylic acids is 2. The molecule has 0 saturated heterocycles. The maximum absolute atomic E-state index is 12.7. The highest BCUT2D eigenvalue weighted by Gasteiger charge is 2.18. The molecule has 3 aromatic rings. The van der Waals surface area contributed by atoms with Crippen molar-refractivity contribution in [1.29, 1.82) is 0 Å². The van der Waals surface area contributed by atoms with E-state index in [9.17, 15) is 9.59 Å². The van der Waals surface area contributed by atoms with E-state index in [1.807, 2.05) is 79.0 Å². The minimum absolute atomic E-state index is 0.291. The van der Waals surface area contributed by atoms with Gasteiger partial charge >= 0.3 is 5.97 Å². The van der Waals surface area contributed by atoms with Gasteiger partial charge in [-0.25, -0.2) is 4.79 Å². The molecule has 0 fully saturated rings. The minimum atomic E-state index is -0.515. The fraction of sp³-hybridized carbons (Fsp3) is 0.130. The summed E-state index contributed by atoms with van der Waals surface area (Å²) >= 11 is 1.46. The first kappa shape index (κ1) is 19.6. The van der Waals surface area contributed by atoms with Gasteiger partial charge in [0.15, 0.2) is 6.61 Å². The molecule has 1 heterocycles. The van der Waals surface area contributed by atoms with Gasteiger partial charge in [-0.05, 0) is 42.1 Å². The molecule has 3 rings (SSSR count). The predicted octanol–water partition coefficient (Wildman–Crippen LogP) is 4.80. The van der Waals surface area contributed by atoms with Crippen LogP contribution in [-0.2, 0) is 14.3 Å². The molecule has 0 N–H and O–H groups in total. The molecular formula is C23H21NO3S. The van der Waals surface area contributed by atoms with Crippen LogP contribution in [0.3, 0.4) is 0 Å². The number of para-hydroxylation sites is 1. The maximum atomic E-state index is 12.7. The Morgan fingerprint density at radius 2 is 1.82 bits per heavy atom. The Morgan fingerprint density at radius 3 is 2.50 bits per heavy atom. The number of nitrogens with zero attached hydrogens (tertiary/aromatic N) is 1. The molecule has 0 spiro atoms. The molecule has 0 aliphatic carbocycles. The Morgan fingerprint density at radius 1 is 1.04 bits per heavy atom. The third-order valence-electron chi connectivity index (χ3n) is 4.20. The van der Waals surface area contributed by atoms with Crippen LogP contribution in [0, 0.1) is 6.92 Å². The fourth-order valence-electron chi connectivity index (χ4n) is 2.69. The zero-order valence-corrected chi connectivity index (χ0v) is 16.6. The molecule has 0 atom stereocenters. The van der Waals surface area contributed by atoms with Crippen LogP contribution >= 0.6 is 11.3 Å². The van der Waals surface area contributed by atoms with Gasteiger partial charge in [-0.3, -0.25) is 4.79 Å². The van der Waals surface area contributed by atoms with E-state index in [-0.39, 0.29) is 12.5 Å². The number of esters is 1. The number of hydrogen-bond donors (Lipinski definition) is 0. The van der Waals surface area contributed by atoms with Crippen molar-refractivity contribution in [2.75, 3.05) is 18.6 Å². The first-order chi connectivity index (χ1) is 13.5. The number of benzene rings is 2. The summed E-state index contributed by atoms with van der Waals surface area (Å²) in [5.41, 5.74) is 3.20. The van der Waals surface area contributed by atoms with E-state index in [1.54, 1.807) is 13.1 Å². The SMILES string of the molecule is Cc1cccc(/C=C(/C(=O)OCC(=O)N(C)c2ccccc2)c2cccs2)c1. The summed E-state index contributed by atoms with van der Waals surface area (Å²) in [6.07, 6.45) is 1.80. The van der Waals surface area contributed by atoms with Crippen LogP contribution in [0.15, 0.2) is 72.1 Å². The lowest BCUT2D eigenvalue weighted by molar-refractivity contribution is -0.141. The van der Waals surface area contributed by atoms with Gasteiger partial charge in [-0.2, -0.15) is 0 Å². The topological polar surface area (TPSA) is 46.6 Å². The van der Waals surface area contributed by atoms with Crippen molar-refractivity contribution >= 4 is 40.5 Å². The van der Waals surface area contributed by atoms with Crippen molar-refractivity contribution in [2.45, 2.75) is 6.92 Å². The number of ether oxygens (including phenoxy) is 1. The van der Waals surface area contributed by atoms with E-state index in [1.165, 1.54) is 16.2 Å². The number of anilines is 1. The van der Waals surface area contributed by atoms with Crippen LogP contribution in [0.5, 0.6) is 0 Å². The fourth-order valence-corrected chi connectivity index (χ4v) is 3.42. The molecule has 0 aliphatic heterocycles. The van der Waals surface area contributed by atoms with Crippen LogP contribution in [0.4, 0.5) is 5.69 Å². The van der Waals surface area contributed by atoms with Crippen LogP contribution in [0.1, 0.15) is 16.0 Å². The second-order valence-corrected chi connectivity index (χ2v) is 7.26. The summed E-state index contributed by atoms with van der Waals surface area (Å²) in [5.74, 6) is -0.806. The number of amides is 1. The zero-order valence-electron chi connectivity index (χ0n) is 15.8. The summed E-state index contributed by atoms with van der Waals surface area (Å²) in [7, 11) is 1.66. The number of hydrogen-bond acceptors (Lipinski definition) is 4. The molecule has 1 amide bonds. The van der Waals surface area contributed by atoms with Gasteiger partial charge in [-0.1, -0.05) is 54.1 Å². The van der Waals surface area contributed by atoms with E-state index in [4.69, 9.17) is 4.74 Å². The van der Waals surface area contributed by atoms with E-state index in [0.717, 1.165) is 21.7 Å². The lowest BCUT2D eigenvalue weighted by Gasteiger charge is -2.17. The molecule has 0 bridgehead atoms. The lowest BCUT2D eigenvalue weighted by Crippen LogP contribution is -2.31. The summed E-state index contributed by atoms with van der Waals surface area (Å²) in [6.45, 7) is 1.68. The van der Waals surface area contributed by atoms with Crippen molar-refractivity contribution in [3.63, 3.8) is 0 Å². The molecule has 0 unspecified atom stereocenters. The van der Waals surface area contributed by atoms with Crippen molar-refractivity contribution in [3.05, 3.63) is 88.1 Å². The van der Waals surface area contributed by atoms with Crippen LogP contribution < -0.4 is 4.90 Å². The van der Waals surface area contributed by atoms with Crippen molar-refractivity contribution in [1.82, 2.24) is 0 Å². The van der Waals surface area contributed by atoms with E-state index in [0.29, 0.717) is 5.57 Å². The molecule has 2 aromatic carbocycles. The first-order valence-electron chi connectivity index (χ1n) is 8.85. The molecule has 28 heavy (non-hydrogen) atoms. The number of aryl methyl sites for hydroxylation is 1. The summed E-state index contributed by atoms with van der Waals surface area (Å²) in [6, 6.07) is 20.9. The zero-order chi connectivity index (χ0) is 19.9. The normalized spacial score (nSPS) is 11.1. The van der Waals surface area contributed by atoms with Gasteiger partial charge in [0.05, 0.1) is 5.57 Å². The predicted molar refractivity (Wildman–Crippen MR) is 114 cm³/mol. The standard InChI is InChI=1S/C23H21NO3S/c1-17-8-6-9-18(14-17)15-20(21-12-7-13-28-21)23(26)27-16-22(25)24(2)19-10-4-3-5-11-19/h3-15H,16H2,1-2H3/b20-15+. The summed E-state index contributed by atoms with van der Waals surface area (Å²) < 4.78 is 5.34. The van der Waals surface area contributed by atoms with E-state index in [2.05, 4.69) is 0 Å². The highest BCUT2D eigenvalue weighted by atomic mass is 32.1. The molecule has 5 heteroatoms. The second-order valence-electron chi connectivity index (χ2n) is 6.31. The minimum Gasteiger partial charge on any atom is -0.452 e. The second kappa shape index (κ2) is 9.15. The van der Waals surface area contributed by atoms with Gasteiger partial charge in [0, 0.05) is 17.6 Å². The van der Waals surface area contributed by atoms with Gasteiger partial charge in [0.25, 0.3) is 5.91 Å². The molecule has 0 saturated carbocycles. The number of carbonyl (C=O) groups is 2. The third kappa shape index (κ3) is 4.96. The summed E-state index contributed by atoms with van der Waals surface area (Å²) in [4.78, 5) is 27.4. The van der Waals surface area contributed by atoms with Gasteiger partial charge in [0.1, 0.15) is 0 Å². The first-order valence-corrected chi connectivity index (χ1v) is 9.73. The molecule has 0 aliphatic rings. The average Bonchev–Trinajstić information content (AvgIpc) is 3.24. The molecule has 4 nitrogen and oxygen atoms in total. The van der Waals surface area contributed by atoms with Crippen LogP contribution in [-0.4, -0.2) is 25.5 Å². The van der Waals surface area contributed by atoms with Crippen molar-refractivity contribution < 1.29 is 14.3 Å². The smallest absolute Gasteiger partial charge is 0.340 e. The highest BCUT2D eigenvalue weighted by Crippen LogP contribution is 2.24. The number of thiophene rings is 1. The Balaban J connectivity index is 1.74. The lowest BCUT2D eigenvalue weighted by atomic mass is 10.1. The number of likely N-dealkylation sites (N-methyl/N-ethyl adjacent to an activating group) is 1. The third-order valence-corrected chi connectivity index (χ3v) is 5.11. The monoisotopic (exact) mass is 391 g/mol. The Bertz CT molecular complexity index is 978. The van der Waals surface area contributed by atoms with E-state index < -0.39 is 5.97 Å².